The quantitative estimate of drug-likeness (QED) is 0.872. The van der Waals surface area contributed by atoms with E-state index in [0.29, 0.717) is 11.7 Å². The van der Waals surface area contributed by atoms with Crippen LogP contribution in [0.4, 0.5) is 19.0 Å². The number of aromatic nitrogens is 2. The molecule has 1 heterocycles. The van der Waals surface area contributed by atoms with Crippen LogP contribution in [0.2, 0.25) is 0 Å². The van der Waals surface area contributed by atoms with E-state index in [-0.39, 0.29) is 6.04 Å². The molecule has 0 amide bonds. The van der Waals surface area contributed by atoms with Gasteiger partial charge < -0.3 is 5.32 Å². The van der Waals surface area contributed by atoms with Gasteiger partial charge in [-0.1, -0.05) is 13.8 Å². The lowest BCUT2D eigenvalue weighted by Crippen LogP contribution is -2.22. The highest BCUT2D eigenvalue weighted by molar-refractivity contribution is 5.34. The minimum atomic E-state index is -4.44. The van der Waals surface area contributed by atoms with E-state index in [9.17, 15) is 13.2 Å². The van der Waals surface area contributed by atoms with E-state index in [1.165, 1.54) is 6.07 Å². The molecule has 0 aromatic carbocycles. The van der Waals surface area contributed by atoms with Gasteiger partial charge in [-0.3, -0.25) is 0 Å². The van der Waals surface area contributed by atoms with Crippen molar-refractivity contribution in [1.82, 2.24) is 10.2 Å². The standard InChI is InChI=1S/C10H14F3N3/c1-6(2)7(3)14-9-5-4-8(15-16-9)10(11,12)13/h4-7H,1-3H3,(H,14,16). The first kappa shape index (κ1) is 12.7. The molecule has 1 aromatic rings. The first-order valence-corrected chi connectivity index (χ1v) is 4.98. The summed E-state index contributed by atoms with van der Waals surface area (Å²) < 4.78 is 36.6. The van der Waals surface area contributed by atoms with Crippen molar-refractivity contribution in [2.75, 3.05) is 5.32 Å². The maximum atomic E-state index is 12.2. The zero-order valence-corrected chi connectivity index (χ0v) is 9.34. The van der Waals surface area contributed by atoms with E-state index in [4.69, 9.17) is 0 Å². The highest BCUT2D eigenvalue weighted by Crippen LogP contribution is 2.27. The van der Waals surface area contributed by atoms with Gasteiger partial charge in [0.25, 0.3) is 0 Å². The Kier molecular flexibility index (Phi) is 3.72. The number of anilines is 1. The number of nitrogens with one attached hydrogen (secondary N) is 1. The zero-order valence-electron chi connectivity index (χ0n) is 9.34. The Bertz CT molecular complexity index is 332. The van der Waals surface area contributed by atoms with Gasteiger partial charge in [0.05, 0.1) is 0 Å². The summed E-state index contributed by atoms with van der Waals surface area (Å²) in [5.41, 5.74) is -0.977. The van der Waals surface area contributed by atoms with Crippen molar-refractivity contribution in [3.8, 4) is 0 Å². The van der Waals surface area contributed by atoms with Gasteiger partial charge in [0, 0.05) is 6.04 Å². The van der Waals surface area contributed by atoms with Crippen molar-refractivity contribution < 1.29 is 13.2 Å². The predicted octanol–water partition coefficient (Wildman–Crippen LogP) is 2.95. The third-order valence-electron chi connectivity index (χ3n) is 2.33. The Morgan fingerprint density at radius 2 is 1.75 bits per heavy atom. The van der Waals surface area contributed by atoms with Crippen molar-refractivity contribution in [3.63, 3.8) is 0 Å². The molecule has 1 unspecified atom stereocenters. The van der Waals surface area contributed by atoms with Gasteiger partial charge in [-0.2, -0.15) is 13.2 Å². The first-order valence-electron chi connectivity index (χ1n) is 4.98. The van der Waals surface area contributed by atoms with Gasteiger partial charge in [0.1, 0.15) is 5.82 Å². The summed E-state index contributed by atoms with van der Waals surface area (Å²) in [6.07, 6.45) is -4.44. The molecule has 3 nitrogen and oxygen atoms in total. The molecule has 1 rings (SSSR count). The molecule has 1 aromatic heterocycles. The van der Waals surface area contributed by atoms with Gasteiger partial charge in [-0.05, 0) is 25.0 Å². The topological polar surface area (TPSA) is 37.8 Å². The molecule has 0 bridgehead atoms. The van der Waals surface area contributed by atoms with Crippen LogP contribution in [-0.4, -0.2) is 16.2 Å². The van der Waals surface area contributed by atoms with E-state index in [1.807, 2.05) is 20.8 Å². The number of alkyl halides is 3. The van der Waals surface area contributed by atoms with Gasteiger partial charge in [0.15, 0.2) is 5.69 Å². The van der Waals surface area contributed by atoms with Crippen LogP contribution in [0.25, 0.3) is 0 Å². The Hall–Kier alpha value is -1.33. The van der Waals surface area contributed by atoms with Crippen LogP contribution in [-0.2, 0) is 6.18 Å². The predicted molar refractivity (Wildman–Crippen MR) is 55.0 cm³/mol. The fraction of sp³-hybridized carbons (Fsp3) is 0.600. The lowest BCUT2D eigenvalue weighted by atomic mass is 10.1. The SMILES string of the molecule is CC(C)C(C)Nc1ccc(C(F)(F)F)nn1. The van der Waals surface area contributed by atoms with Crippen LogP contribution in [0, 0.1) is 5.92 Å². The molecule has 0 saturated heterocycles. The molecular weight excluding hydrogens is 219 g/mol. The molecule has 0 radical (unpaired) electrons. The average Bonchev–Trinajstić information content (AvgIpc) is 2.17. The van der Waals surface area contributed by atoms with Gasteiger partial charge in [-0.15, -0.1) is 10.2 Å². The first-order chi connectivity index (χ1) is 7.30. The summed E-state index contributed by atoms with van der Waals surface area (Å²) in [5, 5.41) is 9.59. The van der Waals surface area contributed by atoms with E-state index in [0.717, 1.165) is 6.07 Å². The summed E-state index contributed by atoms with van der Waals surface area (Å²) in [7, 11) is 0. The van der Waals surface area contributed by atoms with E-state index in [2.05, 4.69) is 15.5 Å². The van der Waals surface area contributed by atoms with Crippen molar-refractivity contribution in [2.24, 2.45) is 5.92 Å². The largest absolute Gasteiger partial charge is 0.435 e. The second-order valence-corrected chi connectivity index (χ2v) is 3.98. The monoisotopic (exact) mass is 233 g/mol. The highest BCUT2D eigenvalue weighted by Gasteiger charge is 2.32. The number of nitrogens with zero attached hydrogens (tertiary/aromatic N) is 2. The molecule has 0 spiro atoms. The van der Waals surface area contributed by atoms with Crippen molar-refractivity contribution in [2.45, 2.75) is 33.0 Å². The molecule has 90 valence electrons. The second-order valence-electron chi connectivity index (χ2n) is 3.98. The van der Waals surface area contributed by atoms with Gasteiger partial charge in [0.2, 0.25) is 0 Å². The molecule has 16 heavy (non-hydrogen) atoms. The van der Waals surface area contributed by atoms with E-state index in [1.54, 1.807) is 0 Å². The summed E-state index contributed by atoms with van der Waals surface area (Å²) in [4.78, 5) is 0. The Labute approximate surface area is 92.1 Å². The summed E-state index contributed by atoms with van der Waals surface area (Å²) in [5.74, 6) is 0.721. The summed E-state index contributed by atoms with van der Waals surface area (Å²) in [6, 6.07) is 2.34. The molecule has 1 N–H and O–H groups in total. The fourth-order valence-electron chi connectivity index (χ4n) is 0.960. The molecule has 0 saturated carbocycles. The average molecular weight is 233 g/mol. The summed E-state index contributed by atoms with van der Waals surface area (Å²) >= 11 is 0. The Balaban J connectivity index is 2.72. The van der Waals surface area contributed by atoms with E-state index >= 15 is 0 Å². The minimum absolute atomic E-state index is 0.131. The number of halogens is 3. The van der Waals surface area contributed by atoms with Crippen LogP contribution >= 0.6 is 0 Å². The van der Waals surface area contributed by atoms with Gasteiger partial charge >= 0.3 is 6.18 Å². The van der Waals surface area contributed by atoms with Gasteiger partial charge in [-0.25, -0.2) is 0 Å². The Morgan fingerprint density at radius 1 is 1.12 bits per heavy atom. The van der Waals surface area contributed by atoms with Crippen molar-refractivity contribution in [3.05, 3.63) is 17.8 Å². The lowest BCUT2D eigenvalue weighted by Gasteiger charge is -2.17. The number of hydrogen-bond acceptors (Lipinski definition) is 3. The Morgan fingerprint density at radius 3 is 2.12 bits per heavy atom. The normalized spacial score (nSPS) is 13.9. The molecular formula is C10H14F3N3. The molecule has 0 aliphatic carbocycles. The lowest BCUT2D eigenvalue weighted by molar-refractivity contribution is -0.141. The second kappa shape index (κ2) is 4.67. The minimum Gasteiger partial charge on any atom is -0.366 e. The van der Waals surface area contributed by atoms with Crippen LogP contribution < -0.4 is 5.32 Å². The van der Waals surface area contributed by atoms with Crippen LogP contribution in [0.5, 0.6) is 0 Å². The number of rotatable bonds is 3. The van der Waals surface area contributed by atoms with Crippen molar-refractivity contribution >= 4 is 5.82 Å². The maximum Gasteiger partial charge on any atom is 0.435 e. The van der Waals surface area contributed by atoms with Crippen molar-refractivity contribution in [1.29, 1.82) is 0 Å². The fourth-order valence-corrected chi connectivity index (χ4v) is 0.960. The maximum absolute atomic E-state index is 12.2. The van der Waals surface area contributed by atoms with Crippen LogP contribution in [0.3, 0.4) is 0 Å². The molecule has 6 heteroatoms. The molecule has 0 fully saturated rings. The molecule has 0 aliphatic heterocycles. The highest BCUT2D eigenvalue weighted by atomic mass is 19.4. The number of hydrogen-bond donors (Lipinski definition) is 1. The molecule has 1 atom stereocenters. The van der Waals surface area contributed by atoms with E-state index < -0.39 is 11.9 Å². The van der Waals surface area contributed by atoms with Crippen LogP contribution in [0.1, 0.15) is 26.5 Å². The smallest absolute Gasteiger partial charge is 0.366 e. The third kappa shape index (κ3) is 3.36. The summed E-state index contributed by atoms with van der Waals surface area (Å²) in [6.45, 7) is 5.95. The van der Waals surface area contributed by atoms with Crippen LogP contribution in [0.15, 0.2) is 12.1 Å². The zero-order chi connectivity index (χ0) is 12.3. The molecule has 0 aliphatic rings. The third-order valence-corrected chi connectivity index (χ3v) is 2.33.